The molecule has 0 heterocycles. The molecule has 0 saturated carbocycles. The minimum atomic E-state index is -0.199. The summed E-state index contributed by atoms with van der Waals surface area (Å²) in [5, 5.41) is 9.72. The first-order valence-corrected chi connectivity index (χ1v) is 6.43. The van der Waals surface area contributed by atoms with Gasteiger partial charge in [-0.3, -0.25) is 0 Å². The third-order valence-corrected chi connectivity index (χ3v) is 4.29. The van der Waals surface area contributed by atoms with Crippen LogP contribution in [0.5, 0.6) is 0 Å². The van der Waals surface area contributed by atoms with Crippen molar-refractivity contribution >= 4 is 0 Å². The number of hydrogen-bond donors (Lipinski definition) is 1. The van der Waals surface area contributed by atoms with Gasteiger partial charge < -0.3 is 5.11 Å². The third kappa shape index (κ3) is 2.76. The summed E-state index contributed by atoms with van der Waals surface area (Å²) in [5.41, 5.74) is 1.78. The number of aliphatic hydroxyl groups excluding tert-OH is 1. The van der Waals surface area contributed by atoms with Gasteiger partial charge >= 0.3 is 0 Å². The summed E-state index contributed by atoms with van der Waals surface area (Å²) in [6.07, 6.45) is 8.61. The molecule has 0 spiro atoms. The summed E-state index contributed by atoms with van der Waals surface area (Å²) in [4.78, 5) is 0. The Morgan fingerprint density at radius 3 is 2.62 bits per heavy atom. The Balaban J connectivity index is 2.60. The molecule has 0 aliphatic heterocycles. The van der Waals surface area contributed by atoms with Crippen molar-refractivity contribution < 1.29 is 5.11 Å². The molecule has 0 amide bonds. The Morgan fingerprint density at radius 1 is 1.56 bits per heavy atom. The topological polar surface area (TPSA) is 20.2 Å². The Hall–Kier alpha value is -0.560. The van der Waals surface area contributed by atoms with Crippen molar-refractivity contribution in [3.63, 3.8) is 0 Å². The Labute approximate surface area is 100 Å². The van der Waals surface area contributed by atoms with Crippen molar-refractivity contribution in [2.24, 2.45) is 17.3 Å². The number of allylic oxidation sites excluding steroid dienone is 3. The number of hydrogen-bond acceptors (Lipinski definition) is 1. The van der Waals surface area contributed by atoms with Crippen LogP contribution in [-0.4, -0.2) is 11.2 Å². The normalized spacial score (nSPS) is 28.1. The van der Waals surface area contributed by atoms with Crippen LogP contribution in [-0.2, 0) is 0 Å². The largest absolute Gasteiger partial charge is 0.393 e. The molecular formula is C15H26O. The second kappa shape index (κ2) is 5.18. The van der Waals surface area contributed by atoms with E-state index in [1.54, 1.807) is 0 Å². The van der Waals surface area contributed by atoms with Gasteiger partial charge in [-0.2, -0.15) is 0 Å². The molecule has 3 unspecified atom stereocenters. The Kier molecular flexibility index (Phi) is 4.37. The maximum atomic E-state index is 9.72. The summed E-state index contributed by atoms with van der Waals surface area (Å²) in [6.45, 7) is 11.0. The maximum absolute atomic E-state index is 9.72. The zero-order valence-corrected chi connectivity index (χ0v) is 11.3. The van der Waals surface area contributed by atoms with Gasteiger partial charge in [0.2, 0.25) is 0 Å². The molecule has 1 N–H and O–H groups in total. The zero-order valence-electron chi connectivity index (χ0n) is 11.3. The van der Waals surface area contributed by atoms with Gasteiger partial charge in [0.1, 0.15) is 0 Å². The van der Waals surface area contributed by atoms with E-state index in [0.29, 0.717) is 5.92 Å². The molecule has 0 fully saturated rings. The van der Waals surface area contributed by atoms with Gasteiger partial charge in [0.25, 0.3) is 0 Å². The molecule has 1 nitrogen and oxygen atoms in total. The molecular weight excluding hydrogens is 196 g/mol. The Bertz CT molecular complexity index is 286. The van der Waals surface area contributed by atoms with Crippen LogP contribution in [0.15, 0.2) is 23.8 Å². The summed E-state index contributed by atoms with van der Waals surface area (Å²) in [7, 11) is 0. The fourth-order valence-electron chi connectivity index (χ4n) is 2.28. The fourth-order valence-corrected chi connectivity index (χ4v) is 2.28. The molecule has 1 aliphatic rings. The van der Waals surface area contributed by atoms with Gasteiger partial charge in [0.05, 0.1) is 6.10 Å². The van der Waals surface area contributed by atoms with Crippen molar-refractivity contribution in [3.8, 4) is 0 Å². The Morgan fingerprint density at radius 2 is 2.19 bits per heavy atom. The van der Waals surface area contributed by atoms with E-state index in [0.717, 1.165) is 12.8 Å². The van der Waals surface area contributed by atoms with Crippen LogP contribution in [0.2, 0.25) is 0 Å². The second-order valence-corrected chi connectivity index (χ2v) is 5.67. The van der Waals surface area contributed by atoms with Gasteiger partial charge in [0, 0.05) is 0 Å². The first kappa shape index (κ1) is 13.5. The van der Waals surface area contributed by atoms with Crippen molar-refractivity contribution in [2.75, 3.05) is 0 Å². The van der Waals surface area contributed by atoms with Crippen molar-refractivity contribution in [3.05, 3.63) is 23.8 Å². The molecule has 92 valence electrons. The van der Waals surface area contributed by atoms with Gasteiger partial charge in [-0.15, -0.1) is 0 Å². The van der Waals surface area contributed by atoms with Gasteiger partial charge in [0.15, 0.2) is 0 Å². The average molecular weight is 222 g/mol. The van der Waals surface area contributed by atoms with Crippen molar-refractivity contribution in [1.29, 1.82) is 0 Å². The molecule has 0 radical (unpaired) electrons. The predicted octanol–water partition coefficient (Wildman–Crippen LogP) is 3.94. The molecule has 0 bridgehead atoms. The van der Waals surface area contributed by atoms with Crippen LogP contribution >= 0.6 is 0 Å². The van der Waals surface area contributed by atoms with Crippen molar-refractivity contribution in [1.82, 2.24) is 0 Å². The summed E-state index contributed by atoms with van der Waals surface area (Å²) in [6, 6.07) is 0. The van der Waals surface area contributed by atoms with Crippen LogP contribution < -0.4 is 0 Å². The minimum Gasteiger partial charge on any atom is -0.393 e. The molecule has 1 rings (SSSR count). The first-order chi connectivity index (χ1) is 7.39. The van der Waals surface area contributed by atoms with E-state index in [4.69, 9.17) is 0 Å². The average Bonchev–Trinajstić information content (AvgIpc) is 2.50. The molecule has 1 heteroatoms. The molecule has 0 aromatic rings. The lowest BCUT2D eigenvalue weighted by Crippen LogP contribution is -2.19. The highest BCUT2D eigenvalue weighted by molar-refractivity contribution is 5.22. The second-order valence-electron chi connectivity index (χ2n) is 5.67. The van der Waals surface area contributed by atoms with Crippen LogP contribution in [0.25, 0.3) is 0 Å². The molecule has 0 aromatic heterocycles. The quantitative estimate of drug-likeness (QED) is 0.714. The van der Waals surface area contributed by atoms with E-state index >= 15 is 0 Å². The van der Waals surface area contributed by atoms with Gasteiger partial charge in [-0.25, -0.2) is 0 Å². The minimum absolute atomic E-state index is 0.199. The summed E-state index contributed by atoms with van der Waals surface area (Å²) < 4.78 is 0. The first-order valence-electron chi connectivity index (χ1n) is 6.43. The summed E-state index contributed by atoms with van der Waals surface area (Å²) in [5.74, 6) is 0.862. The zero-order chi connectivity index (χ0) is 12.3. The molecule has 1 aliphatic carbocycles. The summed E-state index contributed by atoms with van der Waals surface area (Å²) >= 11 is 0. The lowest BCUT2D eigenvalue weighted by atomic mass is 9.77. The highest BCUT2D eigenvalue weighted by atomic mass is 16.3. The highest BCUT2D eigenvalue weighted by Crippen LogP contribution is 2.43. The predicted molar refractivity (Wildman–Crippen MR) is 70.2 cm³/mol. The highest BCUT2D eigenvalue weighted by Gasteiger charge is 2.32. The van der Waals surface area contributed by atoms with Crippen LogP contribution in [0, 0.1) is 17.3 Å². The molecule has 0 aromatic carbocycles. The van der Waals surface area contributed by atoms with Crippen molar-refractivity contribution in [2.45, 2.75) is 53.6 Å². The van der Waals surface area contributed by atoms with Gasteiger partial charge in [-0.05, 0) is 37.0 Å². The number of rotatable bonds is 4. The standard InChI is InChI=1S/C15H26O/c1-6-14(16)11(2)7-9-13-10-8-12(3)15(13,4)5/h7-9,11,13-14,16H,6,10H2,1-5H3. The van der Waals surface area contributed by atoms with Crippen LogP contribution in [0.3, 0.4) is 0 Å². The lowest BCUT2D eigenvalue weighted by Gasteiger charge is -2.27. The van der Waals surface area contributed by atoms with Gasteiger partial charge in [-0.1, -0.05) is 51.5 Å². The molecule has 3 atom stereocenters. The smallest absolute Gasteiger partial charge is 0.0597 e. The maximum Gasteiger partial charge on any atom is 0.0597 e. The molecule has 0 saturated heterocycles. The third-order valence-electron chi connectivity index (χ3n) is 4.29. The van der Waals surface area contributed by atoms with Crippen LogP contribution in [0.1, 0.15) is 47.5 Å². The van der Waals surface area contributed by atoms with E-state index in [-0.39, 0.29) is 17.4 Å². The van der Waals surface area contributed by atoms with E-state index in [9.17, 15) is 5.11 Å². The monoisotopic (exact) mass is 222 g/mol. The molecule has 16 heavy (non-hydrogen) atoms. The van der Waals surface area contributed by atoms with Crippen LogP contribution in [0.4, 0.5) is 0 Å². The lowest BCUT2D eigenvalue weighted by molar-refractivity contribution is 0.133. The fraction of sp³-hybridized carbons (Fsp3) is 0.733. The van der Waals surface area contributed by atoms with E-state index in [1.165, 1.54) is 5.57 Å². The SMILES string of the molecule is CCC(O)C(C)C=CC1CC=C(C)C1(C)C. The van der Waals surface area contributed by atoms with E-state index in [1.807, 2.05) is 6.92 Å². The van der Waals surface area contributed by atoms with E-state index in [2.05, 4.69) is 45.9 Å². The van der Waals surface area contributed by atoms with E-state index < -0.39 is 0 Å². The number of aliphatic hydroxyl groups is 1.